The van der Waals surface area contributed by atoms with Crippen LogP contribution in [0.1, 0.15) is 53.7 Å². The first kappa shape index (κ1) is 19.8. The van der Waals surface area contributed by atoms with Crippen molar-refractivity contribution in [1.29, 1.82) is 0 Å². The van der Waals surface area contributed by atoms with Crippen LogP contribution in [0.3, 0.4) is 0 Å². The topological polar surface area (TPSA) is 69.0 Å². The van der Waals surface area contributed by atoms with E-state index in [0.29, 0.717) is 16.7 Å². The Labute approximate surface area is 172 Å². The maximum Gasteiger partial charge on any atom is 0.232 e. The predicted molar refractivity (Wildman–Crippen MR) is 111 cm³/mol. The molecule has 0 aromatic carbocycles. The van der Waals surface area contributed by atoms with Gasteiger partial charge in [0.15, 0.2) is 0 Å². The van der Waals surface area contributed by atoms with Gasteiger partial charge in [-0.2, -0.15) is 9.97 Å². The lowest BCUT2D eigenvalue weighted by Gasteiger charge is -2.18. The molecule has 0 spiro atoms. The predicted octanol–water partition coefficient (Wildman–Crippen LogP) is 5.01. The van der Waals surface area contributed by atoms with Gasteiger partial charge in [-0.15, -0.1) is 0 Å². The zero-order valence-corrected chi connectivity index (χ0v) is 18.6. The number of nitrogens with zero attached hydrogens (tertiary/aromatic N) is 3. The standard InChI is InChI=1S/C18H24ClIN4O2/c1-6-11-9(2)7-12(26-11)24-8-10(20)13-14(19)21-17(22-15(13)24)23-16(25)18(3,4)5/h8-9,11-12H,6-7H2,1-5H3,(H,21,22,23,25)/t9?,11-,12-/m1/s1. The van der Waals surface area contributed by atoms with Crippen molar-refractivity contribution in [2.24, 2.45) is 11.3 Å². The van der Waals surface area contributed by atoms with Crippen molar-refractivity contribution < 1.29 is 9.53 Å². The highest BCUT2D eigenvalue weighted by atomic mass is 127. The number of carbonyl (C=O) groups excluding carboxylic acids is 1. The van der Waals surface area contributed by atoms with Crippen LogP contribution in [-0.4, -0.2) is 26.5 Å². The summed E-state index contributed by atoms with van der Waals surface area (Å²) in [6, 6.07) is 0. The molecular weight excluding hydrogens is 467 g/mol. The number of carbonyl (C=O) groups is 1. The Morgan fingerprint density at radius 3 is 2.73 bits per heavy atom. The van der Waals surface area contributed by atoms with Gasteiger partial charge in [-0.25, -0.2) is 0 Å². The summed E-state index contributed by atoms with van der Waals surface area (Å²) in [7, 11) is 0. The van der Waals surface area contributed by atoms with Crippen LogP contribution in [0.25, 0.3) is 11.0 Å². The van der Waals surface area contributed by atoms with Crippen molar-refractivity contribution in [1.82, 2.24) is 14.5 Å². The summed E-state index contributed by atoms with van der Waals surface area (Å²) in [6.07, 6.45) is 4.06. The highest BCUT2D eigenvalue weighted by Gasteiger charge is 2.33. The number of rotatable bonds is 3. The van der Waals surface area contributed by atoms with Crippen LogP contribution in [0, 0.1) is 14.9 Å². The van der Waals surface area contributed by atoms with Gasteiger partial charge < -0.3 is 9.30 Å². The Kier molecular flexibility index (Phi) is 5.52. The molecule has 1 saturated heterocycles. The molecule has 0 bridgehead atoms. The van der Waals surface area contributed by atoms with Crippen molar-refractivity contribution in [2.75, 3.05) is 5.32 Å². The lowest BCUT2D eigenvalue weighted by Crippen LogP contribution is -2.28. The third-order valence-electron chi connectivity index (χ3n) is 4.74. The Balaban J connectivity index is 2.02. The molecule has 0 radical (unpaired) electrons. The van der Waals surface area contributed by atoms with Crippen LogP contribution in [0.15, 0.2) is 6.20 Å². The molecule has 2 aromatic heterocycles. The molecule has 1 fully saturated rings. The van der Waals surface area contributed by atoms with Crippen LogP contribution in [0.4, 0.5) is 5.95 Å². The zero-order valence-electron chi connectivity index (χ0n) is 15.6. The molecule has 0 saturated carbocycles. The van der Waals surface area contributed by atoms with Crippen LogP contribution in [0.2, 0.25) is 5.15 Å². The van der Waals surface area contributed by atoms with Gasteiger partial charge in [0.25, 0.3) is 0 Å². The Morgan fingerprint density at radius 2 is 2.15 bits per heavy atom. The van der Waals surface area contributed by atoms with Gasteiger partial charge in [-0.1, -0.05) is 46.2 Å². The summed E-state index contributed by atoms with van der Waals surface area (Å²) in [5, 5.41) is 3.89. The number of fused-ring (bicyclic) bond motifs is 1. The van der Waals surface area contributed by atoms with Crippen LogP contribution >= 0.6 is 34.2 Å². The fourth-order valence-corrected chi connectivity index (χ4v) is 4.39. The summed E-state index contributed by atoms with van der Waals surface area (Å²) < 4.78 is 9.20. The molecule has 142 valence electrons. The molecule has 2 aromatic rings. The van der Waals surface area contributed by atoms with Gasteiger partial charge in [0, 0.05) is 15.2 Å². The van der Waals surface area contributed by atoms with E-state index in [9.17, 15) is 4.79 Å². The number of aromatic nitrogens is 3. The maximum atomic E-state index is 12.3. The molecule has 3 heterocycles. The number of ether oxygens (including phenoxy) is 1. The minimum Gasteiger partial charge on any atom is -0.354 e. The van der Waals surface area contributed by atoms with Crippen LogP contribution in [-0.2, 0) is 9.53 Å². The summed E-state index contributed by atoms with van der Waals surface area (Å²) in [5.41, 5.74) is 0.145. The number of halogens is 2. The van der Waals surface area contributed by atoms with Crippen LogP contribution < -0.4 is 5.32 Å². The number of nitrogens with one attached hydrogen (secondary N) is 1. The number of amides is 1. The molecule has 1 aliphatic heterocycles. The van der Waals surface area contributed by atoms with E-state index in [4.69, 9.17) is 16.3 Å². The van der Waals surface area contributed by atoms with Gasteiger partial charge in [0.05, 0.1) is 11.5 Å². The monoisotopic (exact) mass is 490 g/mol. The van der Waals surface area contributed by atoms with Gasteiger partial charge in [0.2, 0.25) is 11.9 Å². The normalized spacial score (nSPS) is 23.6. The number of hydrogen-bond acceptors (Lipinski definition) is 4. The third-order valence-corrected chi connectivity index (χ3v) is 5.83. The first-order valence-corrected chi connectivity index (χ1v) is 10.3. The second-order valence-electron chi connectivity index (χ2n) is 7.88. The molecule has 3 atom stereocenters. The second-order valence-corrected chi connectivity index (χ2v) is 9.40. The average Bonchev–Trinajstić information content (AvgIpc) is 3.06. The molecule has 1 amide bonds. The van der Waals surface area contributed by atoms with E-state index in [1.807, 2.05) is 31.5 Å². The third kappa shape index (κ3) is 3.71. The van der Waals surface area contributed by atoms with E-state index in [2.05, 4.69) is 51.7 Å². The summed E-state index contributed by atoms with van der Waals surface area (Å²) in [6.45, 7) is 9.87. The van der Waals surface area contributed by atoms with E-state index in [1.165, 1.54) is 0 Å². The number of anilines is 1. The highest BCUT2D eigenvalue weighted by Crippen LogP contribution is 2.38. The Hall–Kier alpha value is -0.930. The zero-order chi connectivity index (χ0) is 19.2. The Morgan fingerprint density at radius 1 is 1.46 bits per heavy atom. The Bertz CT molecular complexity index is 846. The average molecular weight is 491 g/mol. The van der Waals surface area contributed by atoms with Crippen molar-refractivity contribution in [3.63, 3.8) is 0 Å². The molecule has 8 heteroatoms. The van der Waals surface area contributed by atoms with Crippen molar-refractivity contribution in [2.45, 2.75) is 59.8 Å². The summed E-state index contributed by atoms with van der Waals surface area (Å²) in [5.74, 6) is 0.547. The van der Waals surface area contributed by atoms with E-state index < -0.39 is 5.41 Å². The summed E-state index contributed by atoms with van der Waals surface area (Å²) >= 11 is 8.64. The largest absolute Gasteiger partial charge is 0.354 e. The quantitative estimate of drug-likeness (QED) is 0.485. The molecule has 26 heavy (non-hydrogen) atoms. The lowest BCUT2D eigenvalue weighted by atomic mass is 9.96. The van der Waals surface area contributed by atoms with Gasteiger partial charge in [-0.05, 0) is 41.4 Å². The maximum absolute atomic E-state index is 12.3. The van der Waals surface area contributed by atoms with Crippen LogP contribution in [0.5, 0.6) is 0 Å². The molecule has 0 aliphatic carbocycles. The molecule has 3 rings (SSSR count). The van der Waals surface area contributed by atoms with Gasteiger partial charge in [-0.3, -0.25) is 10.1 Å². The van der Waals surface area contributed by atoms with E-state index in [-0.39, 0.29) is 24.2 Å². The SMILES string of the molecule is CC[C@H]1O[C@@H](n2cc(I)c3c(Cl)nc(NC(=O)C(C)(C)C)nc32)CC1C. The first-order chi connectivity index (χ1) is 12.1. The smallest absolute Gasteiger partial charge is 0.232 e. The number of hydrogen-bond donors (Lipinski definition) is 1. The van der Waals surface area contributed by atoms with E-state index in [0.717, 1.165) is 21.8 Å². The summed E-state index contributed by atoms with van der Waals surface area (Å²) in [4.78, 5) is 21.1. The highest BCUT2D eigenvalue weighted by molar-refractivity contribution is 14.1. The van der Waals surface area contributed by atoms with Crippen molar-refractivity contribution >= 4 is 57.1 Å². The molecule has 1 unspecified atom stereocenters. The second kappa shape index (κ2) is 7.24. The van der Waals surface area contributed by atoms with Crippen molar-refractivity contribution in [3.05, 3.63) is 14.9 Å². The first-order valence-electron chi connectivity index (χ1n) is 8.82. The van der Waals surface area contributed by atoms with Gasteiger partial charge >= 0.3 is 0 Å². The van der Waals surface area contributed by atoms with E-state index >= 15 is 0 Å². The fourth-order valence-electron chi connectivity index (χ4n) is 3.17. The minimum absolute atomic E-state index is 0.0851. The molecular formula is C18H24ClIN4O2. The molecule has 1 aliphatic rings. The molecule has 6 nitrogen and oxygen atoms in total. The minimum atomic E-state index is -0.542. The fraction of sp³-hybridized carbons (Fsp3) is 0.611. The lowest BCUT2D eigenvalue weighted by molar-refractivity contribution is -0.123. The van der Waals surface area contributed by atoms with E-state index in [1.54, 1.807) is 0 Å². The van der Waals surface area contributed by atoms with Crippen molar-refractivity contribution in [3.8, 4) is 0 Å². The molecule has 1 N–H and O–H groups in total. The van der Waals surface area contributed by atoms with Gasteiger partial charge in [0.1, 0.15) is 17.0 Å².